The smallest absolute Gasteiger partial charge is 0 e. The van der Waals surface area contributed by atoms with E-state index in [-0.39, 0.29) is 34.3 Å². The zero-order valence-corrected chi connectivity index (χ0v) is 6.46. The zero-order valence-electron chi connectivity index (χ0n) is 3.57. The van der Waals surface area contributed by atoms with Crippen molar-refractivity contribution in [3.8, 4) is 0 Å². The molecule has 0 amide bonds. The van der Waals surface area contributed by atoms with Crippen LogP contribution < -0.4 is 0 Å². The van der Waals surface area contributed by atoms with E-state index < -0.39 is 0 Å². The number of hydrogen-bond donors (Lipinski definition) is 0. The number of hydrogen-bond acceptors (Lipinski definition) is 1. The summed E-state index contributed by atoms with van der Waals surface area (Å²) in [5, 5.41) is 0. The van der Waals surface area contributed by atoms with E-state index in [1.807, 2.05) is 11.0 Å². The molecular weight excluding hydrogens is 192 g/mol. The molecule has 1 heterocycles. The SMILES string of the molecule is O=C[C]1=[Al][CH]=C1.[Ru]. The minimum atomic E-state index is 0. The number of carbonyl (C=O) groups is 1. The van der Waals surface area contributed by atoms with Gasteiger partial charge in [0.1, 0.15) is 0 Å². The van der Waals surface area contributed by atoms with Crippen LogP contribution in [0.15, 0.2) is 11.0 Å². The molecule has 0 saturated carbocycles. The summed E-state index contributed by atoms with van der Waals surface area (Å²) in [4.78, 5) is 11.8. The molecule has 1 nitrogen and oxygen atoms in total. The van der Waals surface area contributed by atoms with E-state index in [1.165, 1.54) is 0 Å². The van der Waals surface area contributed by atoms with Crippen molar-refractivity contribution in [1.82, 2.24) is 0 Å². The van der Waals surface area contributed by atoms with Gasteiger partial charge in [-0.25, -0.2) is 0 Å². The van der Waals surface area contributed by atoms with Gasteiger partial charge in [-0.2, -0.15) is 0 Å². The van der Waals surface area contributed by atoms with Crippen molar-refractivity contribution in [1.29, 1.82) is 0 Å². The first-order chi connectivity index (χ1) is 2.93. The summed E-state index contributed by atoms with van der Waals surface area (Å²) in [5.74, 6) is 0. The molecule has 7 heavy (non-hydrogen) atoms. The first-order valence-corrected chi connectivity index (χ1v) is 3.01. The molecular formula is C4H3AlORu. The Bertz CT molecular complexity index is 124. The van der Waals surface area contributed by atoms with Crippen molar-refractivity contribution in [3.05, 3.63) is 11.0 Å². The van der Waals surface area contributed by atoms with Crippen molar-refractivity contribution in [2.75, 3.05) is 0 Å². The number of carbonyl (C=O) groups excluding carboxylic acids is 1. The Hall–Kier alpha value is 0.436. The molecule has 1 aliphatic heterocycles. The van der Waals surface area contributed by atoms with Crippen molar-refractivity contribution >= 4 is 25.4 Å². The molecule has 0 atom stereocenters. The van der Waals surface area contributed by atoms with Gasteiger partial charge in [0, 0.05) is 19.5 Å². The summed E-state index contributed by atoms with van der Waals surface area (Å²) in [6.45, 7) is 0. The molecule has 0 bridgehead atoms. The van der Waals surface area contributed by atoms with Crippen LogP contribution in [0.5, 0.6) is 0 Å². The second-order valence-corrected chi connectivity index (χ2v) is 2.53. The molecule has 0 fully saturated rings. The Labute approximate surface area is 60.8 Å². The first kappa shape index (κ1) is 7.44. The van der Waals surface area contributed by atoms with Crippen molar-refractivity contribution < 1.29 is 24.3 Å². The third-order valence-corrected chi connectivity index (χ3v) is 1.81. The molecule has 0 radical (unpaired) electrons. The standard InChI is InChI=1S/C4H3O.Al.Ru/c1-2-3-4-5;;/h1-2,4H;;. The van der Waals surface area contributed by atoms with Crippen LogP contribution in [0.4, 0.5) is 0 Å². The number of aldehydes is 1. The molecule has 1 rings (SSSR count). The van der Waals surface area contributed by atoms with Gasteiger partial charge in [-0.15, -0.1) is 0 Å². The fraction of sp³-hybridized carbons (Fsp3) is 0. The molecule has 0 aromatic rings. The van der Waals surface area contributed by atoms with Gasteiger partial charge in [0.15, 0.2) is 0 Å². The maximum absolute atomic E-state index is 9.72. The van der Waals surface area contributed by atoms with Crippen LogP contribution in [0, 0.1) is 0 Å². The van der Waals surface area contributed by atoms with E-state index in [0.29, 0.717) is 0 Å². The topological polar surface area (TPSA) is 17.1 Å². The predicted octanol–water partition coefficient (Wildman–Crippen LogP) is -0.413. The van der Waals surface area contributed by atoms with Crippen LogP contribution >= 0.6 is 0 Å². The van der Waals surface area contributed by atoms with E-state index in [1.54, 1.807) is 0 Å². The van der Waals surface area contributed by atoms with Gasteiger partial charge in [-0.05, 0) is 0 Å². The van der Waals surface area contributed by atoms with Gasteiger partial charge >= 0.3 is 41.3 Å². The number of allylic oxidation sites excluding steroid dienone is 1. The second-order valence-electron chi connectivity index (χ2n) is 1.14. The fourth-order valence-corrected chi connectivity index (χ4v) is 0.779. The van der Waals surface area contributed by atoms with Gasteiger partial charge in [0.25, 0.3) is 0 Å². The molecule has 36 valence electrons. The summed E-state index contributed by atoms with van der Waals surface area (Å²) in [6.07, 6.45) is 2.79. The van der Waals surface area contributed by atoms with Gasteiger partial charge in [0.2, 0.25) is 0 Å². The van der Waals surface area contributed by atoms with E-state index in [9.17, 15) is 4.79 Å². The fourth-order valence-electron chi connectivity index (χ4n) is 0.286. The van der Waals surface area contributed by atoms with Gasteiger partial charge in [-0.1, -0.05) is 0 Å². The van der Waals surface area contributed by atoms with Crippen molar-refractivity contribution in [3.63, 3.8) is 0 Å². The Morgan fingerprint density at radius 1 is 1.71 bits per heavy atom. The molecule has 0 aromatic heterocycles. The maximum Gasteiger partial charge on any atom is 0 e. The average Bonchev–Trinajstić information content (AvgIpc) is 1.31. The maximum atomic E-state index is 9.72. The van der Waals surface area contributed by atoms with Crippen LogP contribution in [0.1, 0.15) is 0 Å². The average molecular weight is 195 g/mol. The van der Waals surface area contributed by atoms with Crippen LogP contribution in [0.3, 0.4) is 0 Å². The van der Waals surface area contributed by atoms with Crippen LogP contribution in [0.25, 0.3) is 0 Å². The molecule has 3 heteroatoms. The monoisotopic (exact) mass is 196 g/mol. The Balaban J connectivity index is 0.000000360. The van der Waals surface area contributed by atoms with Crippen LogP contribution in [-0.4, -0.2) is 25.4 Å². The Kier molecular flexibility index (Phi) is 3.65. The minimum absolute atomic E-state index is 0. The van der Waals surface area contributed by atoms with Crippen molar-refractivity contribution in [2.24, 2.45) is 0 Å². The summed E-state index contributed by atoms with van der Waals surface area (Å²) in [7, 11) is 0. The first-order valence-electron chi connectivity index (χ1n) is 1.77. The Morgan fingerprint density at radius 2 is 2.29 bits per heavy atom. The third-order valence-electron chi connectivity index (χ3n) is 0.713. The van der Waals surface area contributed by atoms with Gasteiger partial charge in [0.05, 0.1) is 0 Å². The summed E-state index contributed by atoms with van der Waals surface area (Å²) >= 11 is 0.284. The summed E-state index contributed by atoms with van der Waals surface area (Å²) in [6, 6.07) is 0. The van der Waals surface area contributed by atoms with Gasteiger partial charge in [-0.3, -0.25) is 0 Å². The van der Waals surface area contributed by atoms with E-state index in [4.69, 9.17) is 0 Å². The second kappa shape index (κ2) is 3.44. The molecule has 0 aliphatic carbocycles. The summed E-state index contributed by atoms with van der Waals surface area (Å²) in [5.41, 5.74) is 0. The van der Waals surface area contributed by atoms with E-state index in [0.717, 1.165) is 10.7 Å². The summed E-state index contributed by atoms with van der Waals surface area (Å²) < 4.78 is 0.995. The van der Waals surface area contributed by atoms with Crippen LogP contribution in [-0.2, 0) is 24.3 Å². The molecule has 0 spiro atoms. The van der Waals surface area contributed by atoms with Gasteiger partial charge < -0.3 is 0 Å². The van der Waals surface area contributed by atoms with E-state index in [2.05, 4.69) is 0 Å². The Morgan fingerprint density at radius 3 is 2.29 bits per heavy atom. The molecule has 0 saturated heterocycles. The quantitative estimate of drug-likeness (QED) is 0.410. The number of rotatable bonds is 1. The molecule has 0 N–H and O–H groups in total. The molecule has 1 aliphatic rings. The normalized spacial score (nSPS) is 12.3. The largest absolute Gasteiger partial charge is 0 e. The van der Waals surface area contributed by atoms with E-state index >= 15 is 0 Å². The third kappa shape index (κ3) is 1.78. The predicted molar refractivity (Wildman–Crippen MR) is 26.0 cm³/mol. The molecule has 0 unspecified atom stereocenters. The molecule has 0 aromatic carbocycles. The van der Waals surface area contributed by atoms with Crippen LogP contribution in [0.2, 0.25) is 0 Å². The van der Waals surface area contributed by atoms with Crippen molar-refractivity contribution in [2.45, 2.75) is 0 Å². The minimum Gasteiger partial charge on any atom is 0 e. The zero-order chi connectivity index (χ0) is 4.41.